The average molecular weight is 272 g/mol. The highest BCUT2D eigenvalue weighted by Crippen LogP contribution is 2.28. The van der Waals surface area contributed by atoms with Gasteiger partial charge in [-0.2, -0.15) is 0 Å². The summed E-state index contributed by atoms with van der Waals surface area (Å²) in [5.74, 6) is -0.336. The van der Waals surface area contributed by atoms with E-state index in [-0.39, 0.29) is 12.3 Å². The molecular formula is C15H20N4O. The Labute approximate surface area is 118 Å². The van der Waals surface area contributed by atoms with Gasteiger partial charge in [0.25, 0.3) is 0 Å². The number of hydrogen-bond donors (Lipinski definition) is 3. The third-order valence-electron chi connectivity index (χ3n) is 3.05. The molecule has 0 atom stereocenters. The minimum absolute atomic E-state index is 0.248. The normalized spacial score (nSPS) is 11.6. The van der Waals surface area contributed by atoms with Crippen LogP contribution in [0, 0.1) is 6.92 Å². The zero-order chi connectivity index (χ0) is 14.9. The predicted octanol–water partition coefficient (Wildman–Crippen LogP) is 2.19. The minimum atomic E-state index is -0.433. The molecule has 106 valence electrons. The van der Waals surface area contributed by atoms with Gasteiger partial charge >= 0.3 is 0 Å². The van der Waals surface area contributed by atoms with Crippen molar-refractivity contribution in [2.45, 2.75) is 32.7 Å². The summed E-state index contributed by atoms with van der Waals surface area (Å²) < 4.78 is 0. The zero-order valence-corrected chi connectivity index (χ0v) is 12.0. The minimum Gasteiger partial charge on any atom is -0.399 e. The Morgan fingerprint density at radius 3 is 2.70 bits per heavy atom. The maximum absolute atomic E-state index is 11.1. The van der Waals surface area contributed by atoms with E-state index in [0.717, 1.165) is 22.3 Å². The monoisotopic (exact) mass is 272 g/mol. The number of anilines is 2. The third-order valence-corrected chi connectivity index (χ3v) is 3.05. The maximum Gasteiger partial charge on any atom is 0.219 e. The highest BCUT2D eigenvalue weighted by molar-refractivity contribution is 5.94. The molecule has 2 aromatic rings. The molecule has 5 nitrogen and oxygen atoms in total. The lowest BCUT2D eigenvalue weighted by molar-refractivity contribution is -0.118. The fourth-order valence-corrected chi connectivity index (χ4v) is 2.32. The summed E-state index contributed by atoms with van der Waals surface area (Å²) >= 11 is 0. The van der Waals surface area contributed by atoms with Crippen LogP contribution in [0.15, 0.2) is 24.3 Å². The van der Waals surface area contributed by atoms with Gasteiger partial charge < -0.3 is 16.8 Å². The second-order valence-electron chi connectivity index (χ2n) is 5.74. The standard InChI is InChI=1S/C15H20N4O/c1-9-6-13(19-15(2,3)8-14(17)20)11-7-10(16)4-5-12(11)18-9/h4-7H,8,16H2,1-3H3,(H2,17,20)(H,18,19). The van der Waals surface area contributed by atoms with Crippen LogP contribution in [0.4, 0.5) is 11.4 Å². The van der Waals surface area contributed by atoms with Crippen LogP contribution in [0.2, 0.25) is 0 Å². The van der Waals surface area contributed by atoms with Crippen LogP contribution in [0.5, 0.6) is 0 Å². The Hall–Kier alpha value is -2.30. The van der Waals surface area contributed by atoms with Gasteiger partial charge in [0.2, 0.25) is 5.91 Å². The molecule has 1 amide bonds. The van der Waals surface area contributed by atoms with Gasteiger partial charge in [0.05, 0.1) is 5.52 Å². The lowest BCUT2D eigenvalue weighted by Crippen LogP contribution is -2.36. The van der Waals surface area contributed by atoms with E-state index in [4.69, 9.17) is 11.5 Å². The molecule has 0 spiro atoms. The lowest BCUT2D eigenvalue weighted by atomic mass is 9.99. The van der Waals surface area contributed by atoms with E-state index in [0.29, 0.717) is 5.69 Å². The van der Waals surface area contributed by atoms with E-state index in [9.17, 15) is 4.79 Å². The number of rotatable bonds is 4. The quantitative estimate of drug-likeness (QED) is 0.744. The summed E-state index contributed by atoms with van der Waals surface area (Å²) in [4.78, 5) is 15.6. The van der Waals surface area contributed by atoms with Crippen molar-refractivity contribution < 1.29 is 4.79 Å². The third kappa shape index (κ3) is 3.17. The van der Waals surface area contributed by atoms with Gasteiger partial charge in [-0.1, -0.05) is 0 Å². The number of nitrogens with one attached hydrogen (secondary N) is 1. The fraction of sp³-hybridized carbons (Fsp3) is 0.333. The number of nitrogens with zero attached hydrogens (tertiary/aromatic N) is 1. The number of pyridine rings is 1. The first-order valence-corrected chi connectivity index (χ1v) is 6.50. The molecule has 20 heavy (non-hydrogen) atoms. The fourth-order valence-electron chi connectivity index (χ4n) is 2.32. The van der Waals surface area contributed by atoms with Crippen molar-refractivity contribution >= 4 is 28.2 Å². The summed E-state index contributed by atoms with van der Waals surface area (Å²) in [6.45, 7) is 5.80. The van der Waals surface area contributed by atoms with Crippen molar-refractivity contribution in [3.63, 3.8) is 0 Å². The van der Waals surface area contributed by atoms with Gasteiger partial charge in [0.15, 0.2) is 0 Å². The topological polar surface area (TPSA) is 94.0 Å². The first-order valence-electron chi connectivity index (χ1n) is 6.50. The van der Waals surface area contributed by atoms with E-state index in [1.54, 1.807) is 0 Å². The number of aromatic nitrogens is 1. The molecule has 5 N–H and O–H groups in total. The molecule has 0 aliphatic rings. The number of nitrogens with two attached hydrogens (primary N) is 2. The number of carbonyl (C=O) groups excluding carboxylic acids is 1. The number of primary amides is 1. The Balaban J connectivity index is 2.47. The van der Waals surface area contributed by atoms with E-state index >= 15 is 0 Å². The van der Waals surface area contributed by atoms with Crippen LogP contribution in [-0.4, -0.2) is 16.4 Å². The molecule has 0 fully saturated rings. The molecule has 1 aromatic carbocycles. The van der Waals surface area contributed by atoms with Crippen LogP contribution < -0.4 is 16.8 Å². The Morgan fingerprint density at radius 2 is 2.05 bits per heavy atom. The lowest BCUT2D eigenvalue weighted by Gasteiger charge is -2.27. The van der Waals surface area contributed by atoms with Crippen LogP contribution in [0.3, 0.4) is 0 Å². The first-order chi connectivity index (χ1) is 9.27. The second kappa shape index (κ2) is 5.00. The highest BCUT2D eigenvalue weighted by Gasteiger charge is 2.21. The van der Waals surface area contributed by atoms with Crippen molar-refractivity contribution in [3.05, 3.63) is 30.0 Å². The van der Waals surface area contributed by atoms with Crippen molar-refractivity contribution in [3.8, 4) is 0 Å². The molecule has 0 bridgehead atoms. The molecular weight excluding hydrogens is 252 g/mol. The van der Waals surface area contributed by atoms with Crippen molar-refractivity contribution in [1.82, 2.24) is 4.98 Å². The molecule has 0 aliphatic heterocycles. The largest absolute Gasteiger partial charge is 0.399 e. The summed E-state index contributed by atoms with van der Waals surface area (Å²) in [6, 6.07) is 7.55. The van der Waals surface area contributed by atoms with Gasteiger partial charge in [-0.25, -0.2) is 0 Å². The van der Waals surface area contributed by atoms with E-state index in [1.165, 1.54) is 0 Å². The SMILES string of the molecule is Cc1cc(NC(C)(C)CC(N)=O)c2cc(N)ccc2n1. The smallest absolute Gasteiger partial charge is 0.219 e. The molecule has 0 unspecified atom stereocenters. The summed E-state index contributed by atoms with van der Waals surface area (Å²) in [5, 5.41) is 4.30. The number of aryl methyl sites for hydroxylation is 1. The molecule has 1 aromatic heterocycles. The molecule has 0 saturated heterocycles. The molecule has 0 radical (unpaired) electrons. The van der Waals surface area contributed by atoms with Crippen LogP contribution in [0.25, 0.3) is 10.9 Å². The van der Waals surface area contributed by atoms with Crippen molar-refractivity contribution in [2.24, 2.45) is 5.73 Å². The molecule has 1 heterocycles. The van der Waals surface area contributed by atoms with Crippen molar-refractivity contribution in [1.29, 1.82) is 0 Å². The number of fused-ring (bicyclic) bond motifs is 1. The van der Waals surface area contributed by atoms with Gasteiger partial charge in [-0.05, 0) is 45.0 Å². The number of hydrogen-bond acceptors (Lipinski definition) is 4. The summed E-state index contributed by atoms with van der Waals surface area (Å²) in [6.07, 6.45) is 0.248. The average Bonchev–Trinajstić information content (AvgIpc) is 2.27. The van der Waals surface area contributed by atoms with Crippen LogP contribution in [-0.2, 0) is 4.79 Å². The zero-order valence-electron chi connectivity index (χ0n) is 12.0. The number of amides is 1. The van der Waals surface area contributed by atoms with E-state index in [2.05, 4.69) is 10.3 Å². The van der Waals surface area contributed by atoms with E-state index in [1.807, 2.05) is 45.0 Å². The molecule has 2 rings (SSSR count). The Bertz CT molecular complexity index is 664. The Morgan fingerprint density at radius 1 is 1.35 bits per heavy atom. The second-order valence-corrected chi connectivity index (χ2v) is 5.74. The highest BCUT2D eigenvalue weighted by atomic mass is 16.1. The summed E-state index contributed by atoms with van der Waals surface area (Å²) in [7, 11) is 0. The first kappa shape index (κ1) is 14.1. The summed E-state index contributed by atoms with van der Waals surface area (Å²) in [5.41, 5.74) is 14.1. The predicted molar refractivity (Wildman–Crippen MR) is 82.4 cm³/mol. The van der Waals surface area contributed by atoms with Crippen LogP contribution in [0.1, 0.15) is 26.0 Å². The Kier molecular flexibility index (Phi) is 3.53. The molecule has 5 heteroatoms. The molecule has 0 aliphatic carbocycles. The number of carbonyl (C=O) groups is 1. The van der Waals surface area contributed by atoms with Gasteiger partial charge in [-0.15, -0.1) is 0 Å². The maximum atomic E-state index is 11.1. The van der Waals surface area contributed by atoms with Crippen LogP contribution >= 0.6 is 0 Å². The van der Waals surface area contributed by atoms with E-state index < -0.39 is 5.54 Å². The number of benzene rings is 1. The molecule has 0 saturated carbocycles. The van der Waals surface area contributed by atoms with Gasteiger partial charge in [-0.3, -0.25) is 9.78 Å². The number of nitrogen functional groups attached to an aromatic ring is 1. The van der Waals surface area contributed by atoms with Gasteiger partial charge in [0, 0.05) is 34.4 Å². The van der Waals surface area contributed by atoms with Gasteiger partial charge in [0.1, 0.15) is 0 Å². The van der Waals surface area contributed by atoms with Crippen molar-refractivity contribution in [2.75, 3.05) is 11.1 Å².